The van der Waals surface area contributed by atoms with E-state index in [1.165, 1.54) is 12.1 Å². The van der Waals surface area contributed by atoms with Gasteiger partial charge < -0.3 is 15.2 Å². The standard InChI is InChI=1S/C13H17ClF3NO2/c1-2-5-18-7-9-6-10(14)3-4-11(9)20-8-12(19)13(15,16)17/h3-4,6,12,18-19H,2,5,7-8H2,1H3. The summed E-state index contributed by atoms with van der Waals surface area (Å²) >= 11 is 5.85. The van der Waals surface area contributed by atoms with Crippen molar-refractivity contribution in [2.24, 2.45) is 0 Å². The highest BCUT2D eigenvalue weighted by Gasteiger charge is 2.38. The third kappa shape index (κ3) is 5.56. The van der Waals surface area contributed by atoms with Crippen LogP contribution in [0.1, 0.15) is 18.9 Å². The fourth-order valence-corrected chi connectivity index (χ4v) is 1.68. The number of hydrogen-bond donors (Lipinski definition) is 2. The van der Waals surface area contributed by atoms with E-state index in [-0.39, 0.29) is 5.75 Å². The van der Waals surface area contributed by atoms with Gasteiger partial charge in [-0.05, 0) is 31.2 Å². The summed E-state index contributed by atoms with van der Waals surface area (Å²) in [5.74, 6) is 0.279. The molecule has 1 aromatic rings. The van der Waals surface area contributed by atoms with Gasteiger partial charge in [0.15, 0.2) is 6.10 Å². The third-order valence-corrected chi connectivity index (χ3v) is 2.77. The molecule has 0 aliphatic carbocycles. The lowest BCUT2D eigenvalue weighted by molar-refractivity contribution is -0.210. The highest BCUT2D eigenvalue weighted by Crippen LogP contribution is 2.25. The first-order valence-electron chi connectivity index (χ1n) is 6.21. The fraction of sp³-hybridized carbons (Fsp3) is 0.538. The summed E-state index contributed by atoms with van der Waals surface area (Å²) in [5, 5.41) is 12.5. The quantitative estimate of drug-likeness (QED) is 0.760. The van der Waals surface area contributed by atoms with Crippen molar-refractivity contribution < 1.29 is 23.0 Å². The summed E-state index contributed by atoms with van der Waals surface area (Å²) in [6.07, 6.45) is -6.26. The molecule has 1 aromatic carbocycles. The molecule has 0 fully saturated rings. The maximum atomic E-state index is 12.2. The molecule has 114 valence electrons. The highest BCUT2D eigenvalue weighted by molar-refractivity contribution is 6.30. The molecule has 0 saturated carbocycles. The molecule has 20 heavy (non-hydrogen) atoms. The van der Waals surface area contributed by atoms with Crippen LogP contribution in [0.15, 0.2) is 18.2 Å². The highest BCUT2D eigenvalue weighted by atomic mass is 35.5. The second-order valence-corrected chi connectivity index (χ2v) is 4.73. The number of benzene rings is 1. The van der Waals surface area contributed by atoms with Crippen LogP contribution in [-0.4, -0.2) is 30.5 Å². The van der Waals surface area contributed by atoms with Crippen LogP contribution in [0.2, 0.25) is 5.02 Å². The van der Waals surface area contributed by atoms with Gasteiger partial charge in [0.05, 0.1) is 0 Å². The lowest BCUT2D eigenvalue weighted by Crippen LogP contribution is -2.34. The van der Waals surface area contributed by atoms with Crippen molar-refractivity contribution >= 4 is 11.6 Å². The van der Waals surface area contributed by atoms with Gasteiger partial charge in [-0.25, -0.2) is 0 Å². The maximum Gasteiger partial charge on any atom is 0.417 e. The van der Waals surface area contributed by atoms with Crippen molar-refractivity contribution in [2.75, 3.05) is 13.2 Å². The Morgan fingerprint density at radius 2 is 2.10 bits per heavy atom. The molecule has 0 aliphatic rings. The molecule has 0 heterocycles. The predicted octanol–water partition coefficient (Wildman–Crippen LogP) is 3.14. The average molecular weight is 312 g/mol. The molecule has 1 rings (SSSR count). The van der Waals surface area contributed by atoms with Crippen LogP contribution in [0.5, 0.6) is 5.75 Å². The molecule has 7 heteroatoms. The van der Waals surface area contributed by atoms with E-state index in [1.807, 2.05) is 6.92 Å². The SMILES string of the molecule is CCCNCc1cc(Cl)ccc1OCC(O)C(F)(F)F. The molecule has 1 unspecified atom stereocenters. The van der Waals surface area contributed by atoms with Crippen molar-refractivity contribution in [1.29, 1.82) is 0 Å². The summed E-state index contributed by atoms with van der Waals surface area (Å²) in [4.78, 5) is 0. The zero-order chi connectivity index (χ0) is 15.2. The van der Waals surface area contributed by atoms with Crippen LogP contribution in [-0.2, 0) is 6.54 Å². The number of alkyl halides is 3. The Bertz CT molecular complexity index is 427. The van der Waals surface area contributed by atoms with Gasteiger partial charge in [0.1, 0.15) is 12.4 Å². The fourth-order valence-electron chi connectivity index (χ4n) is 1.49. The van der Waals surface area contributed by atoms with Crippen molar-refractivity contribution in [3.05, 3.63) is 28.8 Å². The van der Waals surface area contributed by atoms with Crippen LogP contribution in [0.3, 0.4) is 0 Å². The first kappa shape index (κ1) is 17.1. The van der Waals surface area contributed by atoms with Gasteiger partial charge in [0.25, 0.3) is 0 Å². The van der Waals surface area contributed by atoms with Crippen molar-refractivity contribution in [3.63, 3.8) is 0 Å². The minimum atomic E-state index is -4.69. The minimum Gasteiger partial charge on any atom is -0.490 e. The average Bonchev–Trinajstić information content (AvgIpc) is 2.36. The third-order valence-electron chi connectivity index (χ3n) is 2.54. The van der Waals surface area contributed by atoms with Gasteiger partial charge in [-0.1, -0.05) is 18.5 Å². The zero-order valence-electron chi connectivity index (χ0n) is 11.0. The van der Waals surface area contributed by atoms with Crippen LogP contribution in [0.4, 0.5) is 13.2 Å². The van der Waals surface area contributed by atoms with E-state index in [4.69, 9.17) is 21.4 Å². The topological polar surface area (TPSA) is 41.5 Å². The Kier molecular flexibility index (Phi) is 6.58. The summed E-state index contributed by atoms with van der Waals surface area (Å²) in [6, 6.07) is 4.65. The Hall–Kier alpha value is -0.980. The van der Waals surface area contributed by atoms with Gasteiger partial charge in [-0.15, -0.1) is 0 Å². The summed E-state index contributed by atoms with van der Waals surface area (Å²) < 4.78 is 41.6. The van der Waals surface area contributed by atoms with Gasteiger partial charge in [0.2, 0.25) is 0 Å². The first-order valence-corrected chi connectivity index (χ1v) is 6.59. The molecular formula is C13H17ClF3NO2. The van der Waals surface area contributed by atoms with E-state index in [0.717, 1.165) is 13.0 Å². The molecule has 0 aliphatic heterocycles. The minimum absolute atomic E-state index is 0.279. The summed E-state index contributed by atoms with van der Waals surface area (Å²) in [6.45, 7) is 2.37. The van der Waals surface area contributed by atoms with Gasteiger partial charge >= 0.3 is 6.18 Å². The number of halogens is 4. The molecule has 0 saturated heterocycles. The lowest BCUT2D eigenvalue weighted by Gasteiger charge is -2.17. The molecule has 0 aromatic heterocycles. The molecule has 0 amide bonds. The van der Waals surface area contributed by atoms with Crippen LogP contribution in [0, 0.1) is 0 Å². The van der Waals surface area contributed by atoms with Crippen molar-refractivity contribution in [3.8, 4) is 5.75 Å². The lowest BCUT2D eigenvalue weighted by atomic mass is 10.2. The Labute approximate surface area is 120 Å². The summed E-state index contributed by atoms with van der Waals surface area (Å²) in [7, 11) is 0. The number of hydrogen-bond acceptors (Lipinski definition) is 3. The van der Waals surface area contributed by atoms with Crippen molar-refractivity contribution in [2.45, 2.75) is 32.2 Å². The van der Waals surface area contributed by atoms with E-state index < -0.39 is 18.9 Å². The Morgan fingerprint density at radius 3 is 2.70 bits per heavy atom. The smallest absolute Gasteiger partial charge is 0.417 e. The summed E-state index contributed by atoms with van der Waals surface area (Å²) in [5.41, 5.74) is 0.653. The van der Waals surface area contributed by atoms with E-state index >= 15 is 0 Å². The molecule has 1 atom stereocenters. The van der Waals surface area contributed by atoms with Gasteiger partial charge in [-0.2, -0.15) is 13.2 Å². The van der Waals surface area contributed by atoms with Crippen LogP contribution < -0.4 is 10.1 Å². The Morgan fingerprint density at radius 1 is 1.40 bits per heavy atom. The first-order chi connectivity index (χ1) is 9.34. The number of ether oxygens (including phenoxy) is 1. The molecule has 0 radical (unpaired) electrons. The zero-order valence-corrected chi connectivity index (χ0v) is 11.8. The Balaban J connectivity index is 2.68. The molecule has 0 bridgehead atoms. The maximum absolute atomic E-state index is 12.2. The van der Waals surface area contributed by atoms with Gasteiger partial charge in [-0.3, -0.25) is 0 Å². The van der Waals surface area contributed by atoms with E-state index in [2.05, 4.69) is 5.32 Å². The monoisotopic (exact) mass is 311 g/mol. The number of aliphatic hydroxyl groups excluding tert-OH is 1. The van der Waals surface area contributed by atoms with E-state index in [1.54, 1.807) is 6.07 Å². The predicted molar refractivity (Wildman–Crippen MR) is 71.0 cm³/mol. The largest absolute Gasteiger partial charge is 0.490 e. The number of rotatable bonds is 7. The van der Waals surface area contributed by atoms with Crippen LogP contribution in [0.25, 0.3) is 0 Å². The molecule has 0 spiro atoms. The molecule has 2 N–H and O–H groups in total. The van der Waals surface area contributed by atoms with Crippen LogP contribution >= 0.6 is 11.6 Å². The van der Waals surface area contributed by atoms with Crippen molar-refractivity contribution in [1.82, 2.24) is 5.32 Å². The number of aliphatic hydroxyl groups is 1. The molecule has 3 nitrogen and oxygen atoms in total. The van der Waals surface area contributed by atoms with E-state index in [9.17, 15) is 13.2 Å². The number of nitrogens with one attached hydrogen (secondary N) is 1. The van der Waals surface area contributed by atoms with Gasteiger partial charge in [0, 0.05) is 17.1 Å². The molecular weight excluding hydrogens is 295 g/mol. The normalized spacial score (nSPS) is 13.3. The van der Waals surface area contributed by atoms with E-state index in [0.29, 0.717) is 17.1 Å². The second-order valence-electron chi connectivity index (χ2n) is 4.30. The second kappa shape index (κ2) is 7.71.